The Hall–Kier alpha value is -1.38. The van der Waals surface area contributed by atoms with Crippen LogP contribution in [0.2, 0.25) is 0 Å². The smallest absolute Gasteiger partial charge is 0.121 e. The highest BCUT2D eigenvalue weighted by Gasteiger charge is 2.20. The van der Waals surface area contributed by atoms with Crippen molar-refractivity contribution in [1.82, 2.24) is 0 Å². The number of hydrogen-bond acceptors (Lipinski definition) is 3. The molecular weight excluding hydrogens is 224 g/mol. The second-order valence-corrected chi connectivity index (χ2v) is 5.28. The molecule has 0 radical (unpaired) electrons. The number of anilines is 2. The van der Waals surface area contributed by atoms with Gasteiger partial charge in [-0.2, -0.15) is 0 Å². The standard InChI is InChI=1S/C15H24N2O/c1-11(12-6-4-3-5-7-12)17-15-10-13(18-2)8-9-14(15)16/h8-12,17H,3-7,16H2,1-2H3. The monoisotopic (exact) mass is 248 g/mol. The molecule has 0 heterocycles. The van der Waals surface area contributed by atoms with Gasteiger partial charge in [0.05, 0.1) is 18.5 Å². The van der Waals surface area contributed by atoms with Gasteiger partial charge in [0.2, 0.25) is 0 Å². The number of benzene rings is 1. The third kappa shape index (κ3) is 3.09. The van der Waals surface area contributed by atoms with Gasteiger partial charge < -0.3 is 15.8 Å². The number of hydrogen-bond donors (Lipinski definition) is 2. The molecule has 1 atom stereocenters. The summed E-state index contributed by atoms with van der Waals surface area (Å²) in [6.07, 6.45) is 6.79. The molecule has 1 fully saturated rings. The van der Waals surface area contributed by atoms with Crippen molar-refractivity contribution in [3.8, 4) is 5.75 Å². The van der Waals surface area contributed by atoms with E-state index < -0.39 is 0 Å². The van der Waals surface area contributed by atoms with Gasteiger partial charge in [0, 0.05) is 12.1 Å². The van der Waals surface area contributed by atoms with Gasteiger partial charge in [0.25, 0.3) is 0 Å². The molecule has 100 valence electrons. The Morgan fingerprint density at radius 2 is 2.00 bits per heavy atom. The molecular formula is C15H24N2O. The molecule has 1 unspecified atom stereocenters. The van der Waals surface area contributed by atoms with Gasteiger partial charge in [-0.15, -0.1) is 0 Å². The van der Waals surface area contributed by atoms with Gasteiger partial charge in [0.1, 0.15) is 5.75 Å². The summed E-state index contributed by atoms with van der Waals surface area (Å²) in [5.41, 5.74) is 7.79. The van der Waals surface area contributed by atoms with Gasteiger partial charge in [-0.25, -0.2) is 0 Å². The lowest BCUT2D eigenvalue weighted by Crippen LogP contribution is -2.28. The van der Waals surface area contributed by atoms with Crippen molar-refractivity contribution in [2.75, 3.05) is 18.2 Å². The second-order valence-electron chi connectivity index (χ2n) is 5.28. The summed E-state index contributed by atoms with van der Waals surface area (Å²) in [5.74, 6) is 1.62. The molecule has 1 aliphatic carbocycles. The molecule has 2 rings (SSSR count). The van der Waals surface area contributed by atoms with Crippen LogP contribution in [0, 0.1) is 5.92 Å². The molecule has 0 bridgehead atoms. The number of nitrogens with one attached hydrogen (secondary N) is 1. The molecule has 3 heteroatoms. The van der Waals surface area contributed by atoms with E-state index in [4.69, 9.17) is 10.5 Å². The molecule has 18 heavy (non-hydrogen) atoms. The zero-order valence-corrected chi connectivity index (χ0v) is 11.4. The summed E-state index contributed by atoms with van der Waals surface area (Å²) in [6, 6.07) is 6.24. The average Bonchev–Trinajstić information content (AvgIpc) is 2.42. The molecule has 1 saturated carbocycles. The van der Waals surface area contributed by atoms with Crippen LogP contribution in [0.15, 0.2) is 18.2 Å². The van der Waals surface area contributed by atoms with Crippen molar-refractivity contribution in [2.45, 2.75) is 45.1 Å². The van der Waals surface area contributed by atoms with E-state index in [9.17, 15) is 0 Å². The Labute approximate surface area is 110 Å². The Morgan fingerprint density at radius 1 is 1.28 bits per heavy atom. The lowest BCUT2D eigenvalue weighted by Gasteiger charge is -2.29. The Kier molecular flexibility index (Phi) is 4.34. The fourth-order valence-electron chi connectivity index (χ4n) is 2.78. The fourth-order valence-corrected chi connectivity index (χ4v) is 2.78. The number of ether oxygens (including phenoxy) is 1. The topological polar surface area (TPSA) is 47.3 Å². The van der Waals surface area contributed by atoms with Crippen LogP contribution < -0.4 is 15.8 Å². The maximum atomic E-state index is 6.00. The highest BCUT2D eigenvalue weighted by Crippen LogP contribution is 2.30. The van der Waals surface area contributed by atoms with Gasteiger partial charge >= 0.3 is 0 Å². The number of nitrogen functional groups attached to an aromatic ring is 1. The van der Waals surface area contributed by atoms with Crippen molar-refractivity contribution in [2.24, 2.45) is 5.92 Å². The van der Waals surface area contributed by atoms with Gasteiger partial charge in [-0.1, -0.05) is 19.3 Å². The van der Waals surface area contributed by atoms with E-state index in [0.717, 1.165) is 23.0 Å². The van der Waals surface area contributed by atoms with Gasteiger partial charge in [-0.3, -0.25) is 0 Å². The van der Waals surface area contributed by atoms with Crippen LogP contribution in [0.1, 0.15) is 39.0 Å². The highest BCUT2D eigenvalue weighted by molar-refractivity contribution is 5.68. The summed E-state index contributed by atoms with van der Waals surface area (Å²) < 4.78 is 5.24. The lowest BCUT2D eigenvalue weighted by atomic mass is 9.84. The number of nitrogens with two attached hydrogens (primary N) is 1. The summed E-state index contributed by atoms with van der Waals surface area (Å²) in [6.45, 7) is 2.26. The minimum Gasteiger partial charge on any atom is -0.497 e. The van der Waals surface area contributed by atoms with Crippen LogP contribution in [0.25, 0.3) is 0 Å². The van der Waals surface area contributed by atoms with Crippen LogP contribution in [-0.2, 0) is 0 Å². The summed E-state index contributed by atoms with van der Waals surface area (Å²) in [7, 11) is 1.68. The number of methoxy groups -OCH3 is 1. The maximum Gasteiger partial charge on any atom is 0.121 e. The second kappa shape index (κ2) is 5.98. The molecule has 3 nitrogen and oxygen atoms in total. The van der Waals surface area contributed by atoms with Crippen LogP contribution >= 0.6 is 0 Å². The zero-order chi connectivity index (χ0) is 13.0. The van der Waals surface area contributed by atoms with Crippen molar-refractivity contribution in [3.63, 3.8) is 0 Å². The van der Waals surface area contributed by atoms with E-state index in [-0.39, 0.29) is 0 Å². The molecule has 0 aromatic heterocycles. The summed E-state index contributed by atoms with van der Waals surface area (Å²) >= 11 is 0. The molecule has 0 aliphatic heterocycles. The molecule has 3 N–H and O–H groups in total. The van der Waals surface area contributed by atoms with E-state index in [2.05, 4.69) is 12.2 Å². The van der Waals surface area contributed by atoms with E-state index >= 15 is 0 Å². The van der Waals surface area contributed by atoms with Crippen LogP contribution in [0.5, 0.6) is 5.75 Å². The van der Waals surface area contributed by atoms with Crippen molar-refractivity contribution in [3.05, 3.63) is 18.2 Å². The quantitative estimate of drug-likeness (QED) is 0.799. The highest BCUT2D eigenvalue weighted by atomic mass is 16.5. The molecule has 0 spiro atoms. The SMILES string of the molecule is COc1ccc(N)c(NC(C)C2CCCCC2)c1. The van der Waals surface area contributed by atoms with Crippen LogP contribution in [0.4, 0.5) is 11.4 Å². The summed E-state index contributed by atoms with van der Waals surface area (Å²) in [5, 5.41) is 3.55. The van der Waals surface area contributed by atoms with Crippen LogP contribution in [0.3, 0.4) is 0 Å². The largest absolute Gasteiger partial charge is 0.497 e. The predicted octanol–water partition coefficient (Wildman–Crippen LogP) is 3.66. The fraction of sp³-hybridized carbons (Fsp3) is 0.600. The van der Waals surface area contributed by atoms with Gasteiger partial charge in [0.15, 0.2) is 0 Å². The zero-order valence-electron chi connectivity index (χ0n) is 11.4. The normalized spacial score (nSPS) is 18.3. The Bertz CT molecular complexity index is 386. The minimum atomic E-state index is 0.472. The van der Waals surface area contributed by atoms with Gasteiger partial charge in [-0.05, 0) is 37.8 Å². The van der Waals surface area contributed by atoms with Crippen LogP contribution in [-0.4, -0.2) is 13.2 Å². The first-order valence-electron chi connectivity index (χ1n) is 6.90. The Morgan fingerprint density at radius 3 is 2.67 bits per heavy atom. The predicted molar refractivity (Wildman–Crippen MR) is 77.1 cm³/mol. The van der Waals surface area contributed by atoms with Crippen molar-refractivity contribution < 1.29 is 4.74 Å². The average molecular weight is 248 g/mol. The minimum absolute atomic E-state index is 0.472. The third-order valence-electron chi connectivity index (χ3n) is 4.00. The van der Waals surface area contributed by atoms with E-state index in [1.807, 2.05) is 18.2 Å². The maximum absolute atomic E-state index is 6.00. The molecule has 0 amide bonds. The van der Waals surface area contributed by atoms with E-state index in [1.54, 1.807) is 7.11 Å². The van der Waals surface area contributed by atoms with E-state index in [0.29, 0.717) is 6.04 Å². The molecule has 1 aliphatic rings. The Balaban J connectivity index is 2.03. The molecule has 1 aromatic carbocycles. The van der Waals surface area contributed by atoms with Crippen molar-refractivity contribution in [1.29, 1.82) is 0 Å². The first-order valence-corrected chi connectivity index (χ1v) is 6.90. The molecule has 1 aromatic rings. The summed E-state index contributed by atoms with van der Waals surface area (Å²) in [4.78, 5) is 0. The number of rotatable bonds is 4. The third-order valence-corrected chi connectivity index (χ3v) is 4.00. The lowest BCUT2D eigenvalue weighted by molar-refractivity contribution is 0.328. The van der Waals surface area contributed by atoms with E-state index in [1.165, 1.54) is 32.1 Å². The molecule has 0 saturated heterocycles. The first-order chi connectivity index (χ1) is 8.70. The van der Waals surface area contributed by atoms with Crippen molar-refractivity contribution >= 4 is 11.4 Å². The first kappa shape index (κ1) is 13.1.